The number of benzene rings is 1. The molecule has 6 heteroatoms. The zero-order valence-corrected chi connectivity index (χ0v) is 11.2. The lowest BCUT2D eigenvalue weighted by molar-refractivity contribution is 0.0482. The number of hydrogen-bond acceptors (Lipinski definition) is 4. The fourth-order valence-corrected chi connectivity index (χ4v) is 1.57. The Hall–Kier alpha value is -0.970. The third-order valence-electron chi connectivity index (χ3n) is 2.04. The van der Waals surface area contributed by atoms with Gasteiger partial charge in [-0.2, -0.15) is 0 Å². The molecular formula is C11H14Cl2N2O2. The van der Waals surface area contributed by atoms with Gasteiger partial charge in [-0.15, -0.1) is 0 Å². The van der Waals surface area contributed by atoms with Crippen LogP contribution in [0.5, 0.6) is 0 Å². The van der Waals surface area contributed by atoms with Crippen LogP contribution >= 0.6 is 23.2 Å². The van der Waals surface area contributed by atoms with Gasteiger partial charge in [-0.1, -0.05) is 23.2 Å². The van der Waals surface area contributed by atoms with Crippen molar-refractivity contribution in [3.63, 3.8) is 0 Å². The summed E-state index contributed by atoms with van der Waals surface area (Å²) in [6, 6.07) is 2.94. The van der Waals surface area contributed by atoms with E-state index < -0.39 is 5.97 Å². The van der Waals surface area contributed by atoms with Gasteiger partial charge in [-0.05, 0) is 26.2 Å². The maximum atomic E-state index is 11.7. The van der Waals surface area contributed by atoms with Crippen molar-refractivity contribution in [3.8, 4) is 0 Å². The second kappa shape index (κ2) is 6.10. The Morgan fingerprint density at radius 1 is 1.41 bits per heavy atom. The highest BCUT2D eigenvalue weighted by molar-refractivity contribution is 6.44. The highest BCUT2D eigenvalue weighted by atomic mass is 35.5. The van der Waals surface area contributed by atoms with Gasteiger partial charge >= 0.3 is 5.97 Å². The van der Waals surface area contributed by atoms with E-state index in [1.165, 1.54) is 12.1 Å². The van der Waals surface area contributed by atoms with Crippen LogP contribution in [0.15, 0.2) is 12.1 Å². The standard InChI is InChI=1S/C11H14Cl2N2O2/c1-15(2)3-4-17-11(16)8-5-7(14)6-9(12)10(8)13/h5-6H,3-4,14H2,1-2H3. The van der Waals surface area contributed by atoms with Crippen LogP contribution in [0.1, 0.15) is 10.4 Å². The first-order valence-corrected chi connectivity index (χ1v) is 5.73. The Kier molecular flexibility index (Phi) is 5.05. The van der Waals surface area contributed by atoms with Crippen LogP contribution in [0.3, 0.4) is 0 Å². The van der Waals surface area contributed by atoms with Crippen LogP contribution in [0.25, 0.3) is 0 Å². The van der Waals surface area contributed by atoms with Gasteiger partial charge in [0.15, 0.2) is 0 Å². The maximum absolute atomic E-state index is 11.7. The molecule has 0 aliphatic rings. The molecule has 0 amide bonds. The second-order valence-corrected chi connectivity index (χ2v) is 4.59. The summed E-state index contributed by atoms with van der Waals surface area (Å²) >= 11 is 11.7. The topological polar surface area (TPSA) is 55.6 Å². The van der Waals surface area contributed by atoms with E-state index in [1.807, 2.05) is 19.0 Å². The number of nitrogen functional groups attached to an aromatic ring is 1. The predicted molar refractivity (Wildman–Crippen MR) is 69.7 cm³/mol. The molecule has 0 bridgehead atoms. The van der Waals surface area contributed by atoms with Crippen LogP contribution in [0, 0.1) is 0 Å². The number of likely N-dealkylation sites (N-methyl/N-ethyl adjacent to an activating group) is 1. The Balaban J connectivity index is 2.75. The van der Waals surface area contributed by atoms with Crippen molar-refractivity contribution in [2.75, 3.05) is 33.0 Å². The maximum Gasteiger partial charge on any atom is 0.339 e. The van der Waals surface area contributed by atoms with E-state index in [4.69, 9.17) is 33.7 Å². The smallest absolute Gasteiger partial charge is 0.339 e. The normalized spacial score (nSPS) is 10.6. The zero-order valence-electron chi connectivity index (χ0n) is 9.67. The lowest BCUT2D eigenvalue weighted by Gasteiger charge is -2.11. The van der Waals surface area contributed by atoms with Gasteiger partial charge in [0.2, 0.25) is 0 Å². The monoisotopic (exact) mass is 276 g/mol. The summed E-state index contributed by atoms with van der Waals surface area (Å²) in [6.07, 6.45) is 0. The van der Waals surface area contributed by atoms with Crippen LogP contribution in [-0.2, 0) is 4.74 Å². The minimum absolute atomic E-state index is 0.163. The van der Waals surface area contributed by atoms with E-state index in [-0.39, 0.29) is 22.2 Å². The number of halogens is 2. The Labute approximate surface area is 110 Å². The first-order chi connectivity index (χ1) is 7.91. The summed E-state index contributed by atoms with van der Waals surface area (Å²) in [5.41, 5.74) is 6.15. The number of anilines is 1. The highest BCUT2D eigenvalue weighted by Crippen LogP contribution is 2.29. The van der Waals surface area contributed by atoms with Crippen molar-refractivity contribution in [2.45, 2.75) is 0 Å². The third kappa shape index (κ3) is 4.07. The van der Waals surface area contributed by atoms with Gasteiger partial charge in [-0.3, -0.25) is 0 Å². The molecule has 0 aliphatic heterocycles. The Morgan fingerprint density at radius 2 is 2.06 bits per heavy atom. The van der Waals surface area contributed by atoms with Crippen molar-refractivity contribution in [1.82, 2.24) is 4.90 Å². The molecule has 94 valence electrons. The number of nitrogens with zero attached hydrogens (tertiary/aromatic N) is 1. The number of ether oxygens (including phenoxy) is 1. The van der Waals surface area contributed by atoms with Gasteiger partial charge in [0, 0.05) is 12.2 Å². The van der Waals surface area contributed by atoms with Crippen LogP contribution in [-0.4, -0.2) is 38.1 Å². The number of esters is 1. The first kappa shape index (κ1) is 14.1. The summed E-state index contributed by atoms with van der Waals surface area (Å²) in [6.45, 7) is 0.925. The molecular weight excluding hydrogens is 263 g/mol. The summed E-state index contributed by atoms with van der Waals surface area (Å²) in [4.78, 5) is 13.6. The summed E-state index contributed by atoms with van der Waals surface area (Å²) < 4.78 is 5.05. The lowest BCUT2D eigenvalue weighted by Crippen LogP contribution is -2.20. The summed E-state index contributed by atoms with van der Waals surface area (Å²) in [5, 5.41) is 0.405. The van der Waals surface area contributed by atoms with E-state index in [0.717, 1.165) is 0 Å². The Bertz CT molecular complexity index is 422. The minimum atomic E-state index is -0.522. The van der Waals surface area contributed by atoms with Gasteiger partial charge in [0.25, 0.3) is 0 Å². The molecule has 0 saturated heterocycles. The summed E-state index contributed by atoms with van der Waals surface area (Å²) in [5.74, 6) is -0.522. The average Bonchev–Trinajstić information content (AvgIpc) is 2.22. The molecule has 17 heavy (non-hydrogen) atoms. The molecule has 1 aromatic carbocycles. The van der Waals surface area contributed by atoms with Gasteiger partial charge in [-0.25, -0.2) is 4.79 Å². The predicted octanol–water partition coefficient (Wildman–Crippen LogP) is 2.29. The zero-order chi connectivity index (χ0) is 13.0. The molecule has 2 N–H and O–H groups in total. The molecule has 0 spiro atoms. The van der Waals surface area contributed by atoms with Crippen molar-refractivity contribution in [3.05, 3.63) is 27.7 Å². The number of rotatable bonds is 4. The van der Waals surface area contributed by atoms with Crippen molar-refractivity contribution >= 4 is 34.9 Å². The van der Waals surface area contributed by atoms with Gasteiger partial charge < -0.3 is 15.4 Å². The van der Waals surface area contributed by atoms with Crippen molar-refractivity contribution in [2.24, 2.45) is 0 Å². The van der Waals surface area contributed by atoms with E-state index in [1.54, 1.807) is 0 Å². The molecule has 0 heterocycles. The molecule has 4 nitrogen and oxygen atoms in total. The third-order valence-corrected chi connectivity index (χ3v) is 2.84. The van der Waals surface area contributed by atoms with Crippen LogP contribution in [0.4, 0.5) is 5.69 Å². The second-order valence-electron chi connectivity index (χ2n) is 3.80. The van der Waals surface area contributed by atoms with E-state index >= 15 is 0 Å². The largest absolute Gasteiger partial charge is 0.461 e. The van der Waals surface area contributed by atoms with E-state index in [0.29, 0.717) is 12.2 Å². The molecule has 0 saturated carbocycles. The molecule has 1 aromatic rings. The molecule has 0 aliphatic carbocycles. The molecule has 0 fully saturated rings. The number of nitrogens with two attached hydrogens (primary N) is 1. The highest BCUT2D eigenvalue weighted by Gasteiger charge is 2.15. The van der Waals surface area contributed by atoms with Gasteiger partial charge in [0.1, 0.15) is 6.61 Å². The SMILES string of the molecule is CN(C)CCOC(=O)c1cc(N)cc(Cl)c1Cl. The molecule has 0 radical (unpaired) electrons. The number of carbonyl (C=O) groups is 1. The fourth-order valence-electron chi connectivity index (χ4n) is 1.16. The summed E-state index contributed by atoms with van der Waals surface area (Å²) in [7, 11) is 3.77. The molecule has 1 rings (SSSR count). The number of carbonyl (C=O) groups excluding carboxylic acids is 1. The molecule has 0 aromatic heterocycles. The van der Waals surface area contributed by atoms with Crippen LogP contribution < -0.4 is 5.73 Å². The van der Waals surface area contributed by atoms with Crippen molar-refractivity contribution in [1.29, 1.82) is 0 Å². The van der Waals surface area contributed by atoms with Crippen molar-refractivity contribution < 1.29 is 9.53 Å². The van der Waals surface area contributed by atoms with E-state index in [9.17, 15) is 4.79 Å². The fraction of sp³-hybridized carbons (Fsp3) is 0.364. The first-order valence-electron chi connectivity index (χ1n) is 4.98. The lowest BCUT2D eigenvalue weighted by atomic mass is 10.2. The van der Waals surface area contributed by atoms with Crippen LogP contribution in [0.2, 0.25) is 10.0 Å². The van der Waals surface area contributed by atoms with E-state index in [2.05, 4.69) is 0 Å². The van der Waals surface area contributed by atoms with Gasteiger partial charge in [0.05, 0.1) is 15.6 Å². The Morgan fingerprint density at radius 3 is 2.65 bits per heavy atom. The molecule has 0 atom stereocenters. The average molecular weight is 277 g/mol. The number of hydrogen-bond donors (Lipinski definition) is 1. The quantitative estimate of drug-likeness (QED) is 0.677. The minimum Gasteiger partial charge on any atom is -0.461 e. The molecule has 0 unspecified atom stereocenters.